The quantitative estimate of drug-likeness (QED) is 0.783. The van der Waals surface area contributed by atoms with Crippen molar-refractivity contribution in [3.8, 4) is 5.75 Å². The van der Waals surface area contributed by atoms with E-state index in [1.54, 1.807) is 7.11 Å². The van der Waals surface area contributed by atoms with Crippen molar-refractivity contribution in [2.45, 2.75) is 18.9 Å². The van der Waals surface area contributed by atoms with Gasteiger partial charge in [0.25, 0.3) is 0 Å². The van der Waals surface area contributed by atoms with Crippen LogP contribution in [0.1, 0.15) is 12.0 Å². The number of carbonyl (C=O) groups is 1. The van der Waals surface area contributed by atoms with E-state index in [2.05, 4.69) is 16.3 Å². The number of ether oxygens (including phenoxy) is 1. The largest absolute Gasteiger partial charge is 0.496 e. The Labute approximate surface area is 101 Å². The Bertz CT molecular complexity index is 459. The average Bonchev–Trinajstić information content (AvgIpc) is 2.38. The highest BCUT2D eigenvalue weighted by Gasteiger charge is 2.34. The molecule has 2 heterocycles. The van der Waals surface area contributed by atoms with Crippen LogP contribution in [0.5, 0.6) is 5.75 Å². The summed E-state index contributed by atoms with van der Waals surface area (Å²) in [7, 11) is 1.70. The Hall–Kier alpha value is -1.71. The molecule has 1 unspecified atom stereocenters. The maximum atomic E-state index is 11.8. The molecule has 4 heteroatoms. The van der Waals surface area contributed by atoms with E-state index in [1.165, 1.54) is 5.56 Å². The molecule has 0 radical (unpaired) electrons. The fourth-order valence-corrected chi connectivity index (χ4v) is 2.84. The van der Waals surface area contributed by atoms with Crippen LogP contribution in [0, 0.1) is 0 Å². The fraction of sp³-hybridized carbons (Fsp3) is 0.462. The van der Waals surface area contributed by atoms with Crippen molar-refractivity contribution in [2.24, 2.45) is 0 Å². The number of anilines is 1. The maximum absolute atomic E-state index is 11.8. The van der Waals surface area contributed by atoms with Gasteiger partial charge in [-0.15, -0.1) is 0 Å². The smallest absolute Gasteiger partial charge is 0.242 e. The Morgan fingerprint density at radius 3 is 3.18 bits per heavy atom. The molecule has 0 aliphatic carbocycles. The molecule has 1 aromatic carbocycles. The molecule has 2 aliphatic rings. The lowest BCUT2D eigenvalue weighted by Gasteiger charge is -2.41. The second-order valence-electron chi connectivity index (χ2n) is 4.50. The second-order valence-corrected chi connectivity index (χ2v) is 4.50. The summed E-state index contributed by atoms with van der Waals surface area (Å²) in [5.74, 6) is 1.09. The predicted molar refractivity (Wildman–Crippen MR) is 65.5 cm³/mol. The van der Waals surface area contributed by atoms with Gasteiger partial charge in [-0.25, -0.2) is 0 Å². The summed E-state index contributed by atoms with van der Waals surface area (Å²) in [6, 6.07) is 6.07. The number of nitrogens with one attached hydrogen (secondary N) is 1. The monoisotopic (exact) mass is 232 g/mol. The molecule has 0 bridgehead atoms. The average molecular weight is 232 g/mol. The summed E-state index contributed by atoms with van der Waals surface area (Å²) in [6.07, 6.45) is 1.78. The first kappa shape index (κ1) is 10.4. The molecule has 2 aliphatic heterocycles. The summed E-state index contributed by atoms with van der Waals surface area (Å²) in [5.41, 5.74) is 2.40. The molecule has 1 aromatic rings. The summed E-state index contributed by atoms with van der Waals surface area (Å²) in [5, 5.41) is 2.93. The van der Waals surface area contributed by atoms with Crippen LogP contribution in [0.25, 0.3) is 0 Å². The molecule has 90 valence electrons. The number of methoxy groups -OCH3 is 1. The second kappa shape index (κ2) is 3.95. The molecule has 3 rings (SSSR count). The van der Waals surface area contributed by atoms with Gasteiger partial charge in [0.2, 0.25) is 5.91 Å². The first-order valence-electron chi connectivity index (χ1n) is 6.01. The van der Waals surface area contributed by atoms with Gasteiger partial charge in [0.15, 0.2) is 0 Å². The van der Waals surface area contributed by atoms with Gasteiger partial charge in [0.1, 0.15) is 11.8 Å². The van der Waals surface area contributed by atoms with Crippen LogP contribution in [-0.4, -0.2) is 32.1 Å². The SMILES string of the molecule is COc1cccc2c1CCC1C(=O)NCCN21. The van der Waals surface area contributed by atoms with Gasteiger partial charge in [-0.05, 0) is 25.0 Å². The molecular weight excluding hydrogens is 216 g/mol. The highest BCUT2D eigenvalue weighted by Crippen LogP contribution is 2.36. The van der Waals surface area contributed by atoms with Crippen molar-refractivity contribution in [1.82, 2.24) is 5.32 Å². The Balaban J connectivity index is 2.04. The number of hydrogen-bond acceptors (Lipinski definition) is 3. The molecular formula is C13H16N2O2. The molecule has 0 spiro atoms. The van der Waals surface area contributed by atoms with E-state index in [1.807, 2.05) is 12.1 Å². The van der Waals surface area contributed by atoms with Crippen molar-refractivity contribution in [3.05, 3.63) is 23.8 Å². The molecule has 0 saturated carbocycles. The van der Waals surface area contributed by atoms with Crippen molar-refractivity contribution >= 4 is 11.6 Å². The summed E-state index contributed by atoms with van der Waals surface area (Å²) < 4.78 is 5.39. The van der Waals surface area contributed by atoms with Crippen LogP contribution in [0.2, 0.25) is 0 Å². The van der Waals surface area contributed by atoms with E-state index in [-0.39, 0.29) is 11.9 Å². The summed E-state index contributed by atoms with van der Waals surface area (Å²) >= 11 is 0. The zero-order valence-electron chi connectivity index (χ0n) is 9.90. The molecule has 1 saturated heterocycles. The van der Waals surface area contributed by atoms with Gasteiger partial charge in [0.05, 0.1) is 7.11 Å². The molecule has 4 nitrogen and oxygen atoms in total. The van der Waals surface area contributed by atoms with Crippen LogP contribution in [0.4, 0.5) is 5.69 Å². The minimum atomic E-state index is 0.00311. The van der Waals surface area contributed by atoms with Crippen LogP contribution < -0.4 is 15.0 Å². The third-order valence-electron chi connectivity index (χ3n) is 3.64. The number of piperazine rings is 1. The van der Waals surface area contributed by atoms with Crippen molar-refractivity contribution in [3.63, 3.8) is 0 Å². The summed E-state index contributed by atoms with van der Waals surface area (Å²) in [4.78, 5) is 14.0. The van der Waals surface area contributed by atoms with Gasteiger partial charge < -0.3 is 15.0 Å². The molecule has 1 atom stereocenters. The number of carbonyl (C=O) groups excluding carboxylic acids is 1. The van der Waals surface area contributed by atoms with E-state index in [9.17, 15) is 4.79 Å². The zero-order chi connectivity index (χ0) is 11.8. The lowest BCUT2D eigenvalue weighted by molar-refractivity contribution is -0.123. The van der Waals surface area contributed by atoms with Gasteiger partial charge in [-0.3, -0.25) is 4.79 Å². The predicted octanol–water partition coefficient (Wildman–Crippen LogP) is 0.946. The Morgan fingerprint density at radius 1 is 1.47 bits per heavy atom. The third kappa shape index (κ3) is 1.55. The Kier molecular flexibility index (Phi) is 2.42. The number of hydrogen-bond donors (Lipinski definition) is 1. The van der Waals surface area contributed by atoms with E-state index in [0.29, 0.717) is 0 Å². The Morgan fingerprint density at radius 2 is 2.35 bits per heavy atom. The van der Waals surface area contributed by atoms with E-state index in [0.717, 1.165) is 37.4 Å². The van der Waals surface area contributed by atoms with Gasteiger partial charge in [0, 0.05) is 24.3 Å². The van der Waals surface area contributed by atoms with Crippen molar-refractivity contribution in [2.75, 3.05) is 25.1 Å². The number of benzene rings is 1. The standard InChI is InChI=1S/C13H16N2O2/c1-17-12-4-2-3-10-9(12)5-6-11-13(16)14-7-8-15(10)11/h2-4,11H,5-8H2,1H3,(H,14,16). The zero-order valence-corrected chi connectivity index (χ0v) is 9.90. The number of fused-ring (bicyclic) bond motifs is 3. The minimum Gasteiger partial charge on any atom is -0.496 e. The highest BCUT2D eigenvalue weighted by atomic mass is 16.5. The van der Waals surface area contributed by atoms with Crippen LogP contribution >= 0.6 is 0 Å². The van der Waals surface area contributed by atoms with E-state index in [4.69, 9.17) is 4.74 Å². The third-order valence-corrected chi connectivity index (χ3v) is 3.64. The lowest BCUT2D eigenvalue weighted by atomic mass is 9.93. The molecule has 0 aromatic heterocycles. The highest BCUT2D eigenvalue weighted by molar-refractivity contribution is 5.88. The van der Waals surface area contributed by atoms with Crippen LogP contribution in [-0.2, 0) is 11.2 Å². The van der Waals surface area contributed by atoms with Crippen LogP contribution in [0.15, 0.2) is 18.2 Å². The first-order chi connectivity index (χ1) is 8.31. The molecule has 1 fully saturated rings. The molecule has 1 amide bonds. The van der Waals surface area contributed by atoms with Crippen molar-refractivity contribution in [1.29, 1.82) is 0 Å². The first-order valence-corrected chi connectivity index (χ1v) is 6.01. The van der Waals surface area contributed by atoms with E-state index >= 15 is 0 Å². The van der Waals surface area contributed by atoms with Crippen LogP contribution in [0.3, 0.4) is 0 Å². The lowest BCUT2D eigenvalue weighted by Crippen LogP contribution is -2.57. The van der Waals surface area contributed by atoms with Gasteiger partial charge in [-0.2, -0.15) is 0 Å². The fourth-order valence-electron chi connectivity index (χ4n) is 2.84. The number of amides is 1. The molecule has 1 N–H and O–H groups in total. The van der Waals surface area contributed by atoms with Crippen molar-refractivity contribution < 1.29 is 9.53 Å². The topological polar surface area (TPSA) is 41.6 Å². The van der Waals surface area contributed by atoms with E-state index < -0.39 is 0 Å². The number of rotatable bonds is 1. The number of nitrogens with zero attached hydrogens (tertiary/aromatic N) is 1. The normalized spacial score (nSPS) is 22.5. The maximum Gasteiger partial charge on any atom is 0.242 e. The van der Waals surface area contributed by atoms with Gasteiger partial charge >= 0.3 is 0 Å². The van der Waals surface area contributed by atoms with Gasteiger partial charge in [-0.1, -0.05) is 6.07 Å². The molecule has 17 heavy (non-hydrogen) atoms. The summed E-state index contributed by atoms with van der Waals surface area (Å²) in [6.45, 7) is 1.61. The minimum absolute atomic E-state index is 0.00311.